The Morgan fingerprint density at radius 3 is 2.46 bits per heavy atom. The van der Waals surface area contributed by atoms with Gasteiger partial charge in [0.05, 0.1) is 10.7 Å². The van der Waals surface area contributed by atoms with E-state index in [4.69, 9.17) is 17.3 Å². The molecule has 5 nitrogen and oxygen atoms in total. The van der Waals surface area contributed by atoms with Crippen molar-refractivity contribution in [1.82, 2.24) is 14.8 Å². The van der Waals surface area contributed by atoms with Gasteiger partial charge in [0.2, 0.25) is 0 Å². The van der Waals surface area contributed by atoms with Crippen LogP contribution in [0.1, 0.15) is 25.0 Å². The lowest BCUT2D eigenvalue weighted by Gasteiger charge is -2.03. The van der Waals surface area contributed by atoms with Crippen molar-refractivity contribution >= 4 is 11.6 Å². The summed E-state index contributed by atoms with van der Waals surface area (Å²) in [5.74, 6) is 0.422. The highest BCUT2D eigenvalue weighted by atomic mass is 35.5. The average Bonchev–Trinajstić information content (AvgIpc) is 2.99. The largest absolute Gasteiger partial charge is 0.348 e. The Bertz CT molecular complexity index is 865. The van der Waals surface area contributed by atoms with Crippen LogP contribution in [0.3, 0.4) is 0 Å². The zero-order chi connectivity index (χ0) is 17.7. The summed E-state index contributed by atoms with van der Waals surface area (Å²) in [5, 5.41) is 4.86. The van der Waals surface area contributed by atoms with E-state index in [1.54, 1.807) is 6.07 Å². The second-order valence-electron chi connectivity index (χ2n) is 5.04. The van der Waals surface area contributed by atoms with Crippen molar-refractivity contribution in [3.8, 4) is 17.1 Å². The van der Waals surface area contributed by atoms with E-state index in [1.165, 1.54) is 4.68 Å². The third-order valence-corrected chi connectivity index (χ3v) is 3.75. The summed E-state index contributed by atoms with van der Waals surface area (Å²) in [6.07, 6.45) is 0. The Morgan fingerprint density at radius 1 is 1.17 bits per heavy atom. The first-order valence-electron chi connectivity index (χ1n) is 7.84. The van der Waals surface area contributed by atoms with E-state index in [0.717, 1.165) is 11.1 Å². The maximum Gasteiger partial charge on any atom is 0.348 e. The summed E-state index contributed by atoms with van der Waals surface area (Å²) >= 11 is 6.20. The molecule has 3 rings (SSSR count). The summed E-state index contributed by atoms with van der Waals surface area (Å²) in [6, 6.07) is 13.0. The van der Waals surface area contributed by atoms with E-state index in [0.29, 0.717) is 28.6 Å². The van der Waals surface area contributed by atoms with Crippen molar-refractivity contribution in [3.63, 3.8) is 0 Å². The van der Waals surface area contributed by atoms with Crippen molar-refractivity contribution < 1.29 is 0 Å². The second kappa shape index (κ2) is 7.95. The Kier molecular flexibility index (Phi) is 5.95. The molecule has 0 spiro atoms. The predicted molar refractivity (Wildman–Crippen MR) is 98.6 cm³/mol. The number of hydrogen-bond acceptors (Lipinski definition) is 3. The molecule has 0 bridgehead atoms. The van der Waals surface area contributed by atoms with Gasteiger partial charge in [-0.3, -0.25) is 4.98 Å². The molecule has 3 N–H and O–H groups in total. The van der Waals surface area contributed by atoms with Crippen LogP contribution in [0.5, 0.6) is 0 Å². The number of nitrogens with one attached hydrogen (secondary N) is 1. The monoisotopic (exact) mass is 344 g/mol. The molecule has 6 heteroatoms. The summed E-state index contributed by atoms with van der Waals surface area (Å²) in [6.45, 7) is 6.38. The molecule has 1 heterocycles. The molecule has 0 aliphatic carbocycles. The standard InChI is InChI=1S/C16H15ClN4O.C2H6/c1-10-2-5-12(6-3-10)21-16(22)19-15(20-21)13-8-11(9-18)4-7-14(13)17;1-2/h2-8H,9,18H2,1H3,(H,19,20,22);1-2H3. The normalized spacial score (nSPS) is 10.2. The molecule has 0 atom stereocenters. The minimum atomic E-state index is -0.312. The van der Waals surface area contributed by atoms with Gasteiger partial charge in [-0.25, -0.2) is 4.79 Å². The van der Waals surface area contributed by atoms with Gasteiger partial charge in [-0.05, 0) is 36.8 Å². The van der Waals surface area contributed by atoms with Crippen LogP contribution >= 0.6 is 11.6 Å². The van der Waals surface area contributed by atoms with Gasteiger partial charge in [0.1, 0.15) is 0 Å². The highest BCUT2D eigenvalue weighted by Crippen LogP contribution is 2.25. The molecule has 24 heavy (non-hydrogen) atoms. The van der Waals surface area contributed by atoms with Crippen molar-refractivity contribution in [2.45, 2.75) is 27.3 Å². The van der Waals surface area contributed by atoms with E-state index in [-0.39, 0.29) is 5.69 Å². The third-order valence-electron chi connectivity index (χ3n) is 3.42. The molecule has 0 aliphatic heterocycles. The number of halogens is 1. The molecular formula is C18H21ClN4O. The molecule has 0 aliphatic rings. The van der Waals surface area contributed by atoms with Gasteiger partial charge in [-0.15, -0.1) is 5.10 Å². The van der Waals surface area contributed by atoms with Gasteiger partial charge < -0.3 is 5.73 Å². The minimum Gasteiger partial charge on any atom is -0.326 e. The van der Waals surface area contributed by atoms with Crippen molar-refractivity contribution in [3.05, 3.63) is 69.1 Å². The SMILES string of the molecule is CC.Cc1ccc(-n2nc(-c3cc(CN)ccc3Cl)[nH]c2=O)cc1. The molecule has 0 fully saturated rings. The summed E-state index contributed by atoms with van der Waals surface area (Å²) in [7, 11) is 0. The van der Waals surface area contributed by atoms with Crippen LogP contribution in [0.25, 0.3) is 17.1 Å². The molecule has 1 aromatic heterocycles. The van der Waals surface area contributed by atoms with E-state index < -0.39 is 0 Å². The van der Waals surface area contributed by atoms with E-state index >= 15 is 0 Å². The molecule has 0 saturated heterocycles. The van der Waals surface area contributed by atoms with Crippen LogP contribution in [0.4, 0.5) is 0 Å². The molecular weight excluding hydrogens is 324 g/mol. The highest BCUT2D eigenvalue weighted by molar-refractivity contribution is 6.33. The molecule has 0 amide bonds. The number of aryl methyl sites for hydroxylation is 1. The Morgan fingerprint density at radius 2 is 1.83 bits per heavy atom. The van der Waals surface area contributed by atoms with E-state index in [1.807, 2.05) is 57.2 Å². The van der Waals surface area contributed by atoms with E-state index in [9.17, 15) is 4.79 Å². The molecule has 2 aromatic carbocycles. The summed E-state index contributed by atoms with van der Waals surface area (Å²) < 4.78 is 1.32. The number of nitrogens with two attached hydrogens (primary N) is 1. The van der Waals surface area contributed by atoms with Gasteiger partial charge in [0, 0.05) is 12.1 Å². The number of aromatic nitrogens is 3. The smallest absolute Gasteiger partial charge is 0.326 e. The summed E-state index contributed by atoms with van der Waals surface area (Å²) in [5.41, 5.74) is 8.73. The molecule has 0 saturated carbocycles. The highest BCUT2D eigenvalue weighted by Gasteiger charge is 2.12. The zero-order valence-corrected chi connectivity index (χ0v) is 14.8. The third kappa shape index (κ3) is 3.75. The van der Waals surface area contributed by atoms with Crippen molar-refractivity contribution in [1.29, 1.82) is 0 Å². The van der Waals surface area contributed by atoms with Gasteiger partial charge in [0.25, 0.3) is 0 Å². The van der Waals surface area contributed by atoms with Crippen LogP contribution in [0, 0.1) is 6.92 Å². The van der Waals surface area contributed by atoms with Crippen LogP contribution in [0.2, 0.25) is 5.02 Å². The first kappa shape index (κ1) is 18.0. The first-order chi connectivity index (χ1) is 11.6. The number of benzene rings is 2. The zero-order valence-electron chi connectivity index (χ0n) is 14.0. The fourth-order valence-electron chi connectivity index (χ4n) is 2.19. The van der Waals surface area contributed by atoms with Gasteiger partial charge in [-0.2, -0.15) is 4.68 Å². The second-order valence-corrected chi connectivity index (χ2v) is 5.45. The number of H-pyrrole nitrogens is 1. The lowest BCUT2D eigenvalue weighted by Crippen LogP contribution is -2.15. The fourth-order valence-corrected chi connectivity index (χ4v) is 2.39. The fraction of sp³-hybridized carbons (Fsp3) is 0.222. The predicted octanol–water partition coefficient (Wildman–Crippen LogP) is 3.67. The molecule has 126 valence electrons. The molecule has 0 unspecified atom stereocenters. The Hall–Kier alpha value is -2.37. The van der Waals surface area contributed by atoms with Crippen molar-refractivity contribution in [2.24, 2.45) is 5.73 Å². The van der Waals surface area contributed by atoms with Crippen LogP contribution < -0.4 is 11.4 Å². The quantitative estimate of drug-likeness (QED) is 0.761. The van der Waals surface area contributed by atoms with Crippen LogP contribution in [0.15, 0.2) is 47.3 Å². The van der Waals surface area contributed by atoms with Crippen molar-refractivity contribution in [2.75, 3.05) is 0 Å². The minimum absolute atomic E-state index is 0.312. The van der Waals surface area contributed by atoms with Gasteiger partial charge in [-0.1, -0.05) is 49.2 Å². The summed E-state index contributed by atoms with van der Waals surface area (Å²) in [4.78, 5) is 14.9. The first-order valence-corrected chi connectivity index (χ1v) is 8.21. The number of nitrogens with zero attached hydrogens (tertiary/aromatic N) is 2. The van der Waals surface area contributed by atoms with E-state index in [2.05, 4.69) is 10.1 Å². The van der Waals surface area contributed by atoms with Gasteiger partial charge >= 0.3 is 5.69 Å². The number of rotatable bonds is 3. The van der Waals surface area contributed by atoms with Crippen LogP contribution in [-0.2, 0) is 6.54 Å². The molecule has 0 radical (unpaired) electrons. The Balaban J connectivity index is 0.00000100. The number of hydrogen-bond donors (Lipinski definition) is 2. The van der Waals surface area contributed by atoms with Crippen LogP contribution in [-0.4, -0.2) is 14.8 Å². The van der Waals surface area contributed by atoms with Gasteiger partial charge in [0.15, 0.2) is 5.82 Å². The lowest BCUT2D eigenvalue weighted by atomic mass is 10.1. The number of aromatic amines is 1. The maximum atomic E-state index is 12.1. The lowest BCUT2D eigenvalue weighted by molar-refractivity contribution is 0.844. The molecule has 3 aromatic rings. The maximum absolute atomic E-state index is 12.1. The Labute approximate surface area is 146 Å². The average molecular weight is 345 g/mol. The topological polar surface area (TPSA) is 76.7 Å².